The number of nitrogens with one attached hydrogen (secondary N) is 2. The van der Waals surface area contributed by atoms with E-state index >= 15 is 0 Å². The van der Waals surface area contributed by atoms with Crippen molar-refractivity contribution in [1.82, 2.24) is 25.1 Å². The Kier molecular flexibility index (Phi) is 3.64. The number of hydrogen-bond acceptors (Lipinski definition) is 4. The molecule has 0 aromatic carbocycles. The van der Waals surface area contributed by atoms with E-state index in [1.54, 1.807) is 6.33 Å². The first-order valence-corrected chi connectivity index (χ1v) is 10.2. The first-order valence-electron chi connectivity index (χ1n) is 10.2. The average Bonchev–Trinajstić information content (AvgIpc) is 3.21. The molecule has 2 aromatic heterocycles. The largest absolute Gasteiger partial charge is 0.355 e. The third kappa shape index (κ3) is 2.48. The summed E-state index contributed by atoms with van der Waals surface area (Å²) in [6.45, 7) is 5.25. The summed E-state index contributed by atoms with van der Waals surface area (Å²) in [6.07, 6.45) is 9.93. The monoisotopic (exact) mass is 381 g/mol. The van der Waals surface area contributed by atoms with Crippen LogP contribution in [0.2, 0.25) is 0 Å². The molecule has 4 aliphatic carbocycles. The first kappa shape index (κ1) is 17.6. The van der Waals surface area contributed by atoms with Crippen molar-refractivity contribution in [2.24, 2.45) is 11.8 Å². The third-order valence-corrected chi connectivity index (χ3v) is 7.33. The topological polar surface area (TPSA) is 92.7 Å². The van der Waals surface area contributed by atoms with E-state index in [4.69, 9.17) is 0 Å². The summed E-state index contributed by atoms with van der Waals surface area (Å²) in [5, 5.41) is 7.91. The average molecular weight is 381 g/mol. The fraction of sp³-hybridized carbons (Fsp3) is 0.619. The molecule has 4 saturated carbocycles. The first-order chi connectivity index (χ1) is 13.3. The zero-order valence-corrected chi connectivity index (χ0v) is 16.7. The van der Waals surface area contributed by atoms with Crippen molar-refractivity contribution in [2.45, 2.75) is 70.4 Å². The lowest BCUT2D eigenvalue weighted by atomic mass is 9.50. The van der Waals surface area contributed by atoms with Crippen molar-refractivity contribution in [3.05, 3.63) is 35.2 Å². The van der Waals surface area contributed by atoms with Crippen molar-refractivity contribution in [2.75, 3.05) is 0 Å². The van der Waals surface area contributed by atoms with Crippen molar-refractivity contribution >= 4 is 11.7 Å². The quantitative estimate of drug-likeness (QED) is 0.797. The van der Waals surface area contributed by atoms with E-state index in [9.17, 15) is 9.59 Å². The maximum absolute atomic E-state index is 13.3. The summed E-state index contributed by atoms with van der Waals surface area (Å²) in [7, 11) is 0. The standard InChI is InChI=1S/C21H27N5O2/c1-12-17(13(2)24-18(12)14(3)27)19(28)25-20-5-15-4-16(6-20)8-21(7-15,9-20)26-11-22-10-23-26/h10-11,15-16,24H,4-9H2,1-3H3,(H,25,28). The number of ketones is 1. The van der Waals surface area contributed by atoms with Crippen LogP contribution in [0.5, 0.6) is 0 Å². The molecule has 6 rings (SSSR count). The molecule has 7 nitrogen and oxygen atoms in total. The Morgan fingerprint density at radius 1 is 1.21 bits per heavy atom. The summed E-state index contributed by atoms with van der Waals surface area (Å²) in [6, 6.07) is 0. The minimum absolute atomic E-state index is 0.0271. The number of nitrogens with zero attached hydrogens (tertiary/aromatic N) is 3. The second-order valence-corrected chi connectivity index (χ2v) is 9.44. The van der Waals surface area contributed by atoms with Gasteiger partial charge in [0.15, 0.2) is 5.78 Å². The van der Waals surface area contributed by atoms with Crippen LogP contribution in [0.15, 0.2) is 12.7 Å². The fourth-order valence-corrected chi connectivity index (χ4v) is 6.83. The Bertz CT molecular complexity index is 944. The number of aromatic nitrogens is 4. The number of H-pyrrole nitrogens is 1. The third-order valence-electron chi connectivity index (χ3n) is 7.33. The fourth-order valence-electron chi connectivity index (χ4n) is 6.83. The second kappa shape index (κ2) is 5.78. The van der Waals surface area contributed by atoms with Crippen LogP contribution < -0.4 is 5.32 Å². The maximum atomic E-state index is 13.3. The second-order valence-electron chi connectivity index (χ2n) is 9.44. The van der Waals surface area contributed by atoms with Crippen LogP contribution in [0.3, 0.4) is 0 Å². The highest BCUT2D eigenvalue weighted by Gasteiger charge is 2.59. The van der Waals surface area contributed by atoms with Gasteiger partial charge in [-0.1, -0.05) is 0 Å². The number of carbonyl (C=O) groups is 2. The van der Waals surface area contributed by atoms with Gasteiger partial charge in [0.05, 0.1) is 16.8 Å². The minimum atomic E-state index is -0.195. The summed E-state index contributed by atoms with van der Waals surface area (Å²) in [4.78, 5) is 32.5. The highest BCUT2D eigenvalue weighted by Crippen LogP contribution is 2.60. The number of carbonyl (C=O) groups excluding carboxylic acids is 2. The SMILES string of the molecule is CC(=O)c1[nH]c(C)c(C(=O)NC23CC4CC(C2)CC(n2cncn2)(C4)C3)c1C. The predicted octanol–water partition coefficient (Wildman–Crippen LogP) is 2.90. The molecule has 0 aliphatic heterocycles. The Morgan fingerprint density at radius 3 is 2.50 bits per heavy atom. The predicted molar refractivity (Wildman–Crippen MR) is 103 cm³/mol. The molecule has 2 unspecified atom stereocenters. The molecule has 28 heavy (non-hydrogen) atoms. The lowest BCUT2D eigenvalue weighted by Crippen LogP contribution is -2.66. The zero-order chi connectivity index (χ0) is 19.7. The van der Waals surface area contributed by atoms with Crippen LogP contribution in [0.1, 0.15) is 77.6 Å². The molecule has 0 radical (unpaired) electrons. The molecule has 4 fully saturated rings. The number of hydrogen-bond donors (Lipinski definition) is 2. The molecule has 2 aromatic rings. The lowest BCUT2D eigenvalue weighted by Gasteiger charge is -2.61. The molecule has 4 bridgehead atoms. The van der Waals surface area contributed by atoms with E-state index in [0.29, 0.717) is 23.1 Å². The number of aromatic amines is 1. The summed E-state index contributed by atoms with van der Waals surface area (Å²) >= 11 is 0. The number of rotatable bonds is 4. The molecule has 2 N–H and O–H groups in total. The van der Waals surface area contributed by atoms with E-state index in [1.165, 1.54) is 13.3 Å². The number of Topliss-reactive ketones (excluding diaryl/α,β-unsaturated/α-hetero) is 1. The van der Waals surface area contributed by atoms with Gasteiger partial charge in [-0.2, -0.15) is 5.10 Å². The highest BCUT2D eigenvalue weighted by molar-refractivity contribution is 6.02. The Morgan fingerprint density at radius 2 is 1.93 bits per heavy atom. The van der Waals surface area contributed by atoms with Gasteiger partial charge in [-0.15, -0.1) is 0 Å². The van der Waals surface area contributed by atoms with Crippen LogP contribution in [0.25, 0.3) is 0 Å². The summed E-state index contributed by atoms with van der Waals surface area (Å²) in [5.41, 5.74) is 2.44. The van der Waals surface area contributed by atoms with Gasteiger partial charge in [-0.25, -0.2) is 9.67 Å². The van der Waals surface area contributed by atoms with Gasteiger partial charge in [0.2, 0.25) is 0 Å². The molecular formula is C21H27N5O2. The summed E-state index contributed by atoms with van der Waals surface area (Å²) < 4.78 is 2.05. The van der Waals surface area contributed by atoms with E-state index in [-0.39, 0.29) is 22.8 Å². The van der Waals surface area contributed by atoms with Crippen LogP contribution in [0, 0.1) is 25.7 Å². The minimum Gasteiger partial charge on any atom is -0.355 e. The van der Waals surface area contributed by atoms with Gasteiger partial charge in [0.1, 0.15) is 12.7 Å². The number of aryl methyl sites for hydroxylation is 1. The van der Waals surface area contributed by atoms with Crippen LogP contribution >= 0.6 is 0 Å². The van der Waals surface area contributed by atoms with Gasteiger partial charge in [0, 0.05) is 18.2 Å². The van der Waals surface area contributed by atoms with E-state index in [1.807, 2.05) is 24.9 Å². The van der Waals surface area contributed by atoms with Crippen LogP contribution in [0.4, 0.5) is 0 Å². The maximum Gasteiger partial charge on any atom is 0.253 e. The van der Waals surface area contributed by atoms with Crippen molar-refractivity contribution in [1.29, 1.82) is 0 Å². The van der Waals surface area contributed by atoms with Crippen molar-refractivity contribution in [3.8, 4) is 0 Å². The normalized spacial score (nSPS) is 33.2. The Hall–Kier alpha value is -2.44. The van der Waals surface area contributed by atoms with Crippen LogP contribution in [-0.4, -0.2) is 37.0 Å². The lowest BCUT2D eigenvalue weighted by molar-refractivity contribution is -0.0744. The van der Waals surface area contributed by atoms with E-state index in [2.05, 4.69) is 20.4 Å². The van der Waals surface area contributed by atoms with Crippen molar-refractivity contribution < 1.29 is 9.59 Å². The highest BCUT2D eigenvalue weighted by atomic mass is 16.2. The molecular weight excluding hydrogens is 354 g/mol. The van der Waals surface area contributed by atoms with Gasteiger partial charge in [-0.05, 0) is 69.8 Å². The van der Waals surface area contributed by atoms with Gasteiger partial charge < -0.3 is 10.3 Å². The van der Waals surface area contributed by atoms with Gasteiger partial charge >= 0.3 is 0 Å². The Balaban J connectivity index is 1.47. The molecule has 4 aliphatic rings. The Labute approximate surface area is 164 Å². The van der Waals surface area contributed by atoms with Gasteiger partial charge in [-0.3, -0.25) is 9.59 Å². The van der Waals surface area contributed by atoms with Crippen molar-refractivity contribution in [3.63, 3.8) is 0 Å². The molecule has 7 heteroatoms. The molecule has 1 amide bonds. The number of amides is 1. The molecule has 2 atom stereocenters. The smallest absolute Gasteiger partial charge is 0.253 e. The zero-order valence-electron chi connectivity index (χ0n) is 16.7. The molecule has 0 saturated heterocycles. The van der Waals surface area contributed by atoms with E-state index in [0.717, 1.165) is 43.4 Å². The molecule has 2 heterocycles. The molecule has 0 spiro atoms. The summed E-state index contributed by atoms with van der Waals surface area (Å²) in [5.74, 6) is 1.13. The van der Waals surface area contributed by atoms with Gasteiger partial charge in [0.25, 0.3) is 5.91 Å². The van der Waals surface area contributed by atoms with Crippen LogP contribution in [-0.2, 0) is 5.54 Å². The molecule has 148 valence electrons. The van der Waals surface area contributed by atoms with E-state index < -0.39 is 0 Å².